The van der Waals surface area contributed by atoms with Crippen LogP contribution in [0.25, 0.3) is 10.9 Å². The Morgan fingerprint density at radius 3 is 2.66 bits per heavy atom. The molecule has 1 aliphatic carbocycles. The molecule has 0 N–H and O–H groups in total. The molecule has 1 unspecified atom stereocenters. The van der Waals surface area contributed by atoms with Crippen LogP contribution in [0, 0.1) is 0 Å². The van der Waals surface area contributed by atoms with Crippen LogP contribution in [0.15, 0.2) is 47.7 Å². The van der Waals surface area contributed by atoms with E-state index in [1.807, 2.05) is 33.7 Å². The highest BCUT2D eigenvalue weighted by molar-refractivity contribution is 5.92. The van der Waals surface area contributed by atoms with Crippen molar-refractivity contribution in [2.75, 3.05) is 6.54 Å². The van der Waals surface area contributed by atoms with Gasteiger partial charge >= 0.3 is 0 Å². The first-order valence-corrected chi connectivity index (χ1v) is 10.3. The fourth-order valence-electron chi connectivity index (χ4n) is 4.75. The van der Waals surface area contributed by atoms with Gasteiger partial charge in [-0.25, -0.2) is 9.97 Å². The maximum atomic E-state index is 13.4. The molecule has 2 aromatic heterocycles. The van der Waals surface area contributed by atoms with Gasteiger partial charge < -0.3 is 4.90 Å². The minimum Gasteiger partial charge on any atom is -0.327 e. The van der Waals surface area contributed by atoms with Crippen molar-refractivity contribution in [1.82, 2.24) is 24.4 Å². The van der Waals surface area contributed by atoms with Gasteiger partial charge in [0.1, 0.15) is 11.5 Å². The van der Waals surface area contributed by atoms with Crippen molar-refractivity contribution in [2.45, 2.75) is 50.6 Å². The normalized spacial score (nSPS) is 19.9. The molecule has 29 heavy (non-hydrogen) atoms. The second-order valence-electron chi connectivity index (χ2n) is 7.85. The van der Waals surface area contributed by atoms with Gasteiger partial charge in [0.2, 0.25) is 0 Å². The fraction of sp³-hybridized carbons (Fsp3) is 0.409. The summed E-state index contributed by atoms with van der Waals surface area (Å²) in [5.74, 6) is 0.566. The van der Waals surface area contributed by atoms with Gasteiger partial charge in [-0.3, -0.25) is 19.1 Å². The summed E-state index contributed by atoms with van der Waals surface area (Å²) in [7, 11) is 0. The molecule has 0 spiro atoms. The van der Waals surface area contributed by atoms with E-state index in [4.69, 9.17) is 4.98 Å². The summed E-state index contributed by atoms with van der Waals surface area (Å²) in [5.41, 5.74) is 1.03. The molecule has 1 atom stereocenters. The van der Waals surface area contributed by atoms with Crippen LogP contribution in [0.1, 0.15) is 66.9 Å². The molecule has 3 heterocycles. The van der Waals surface area contributed by atoms with Crippen molar-refractivity contribution in [2.24, 2.45) is 0 Å². The summed E-state index contributed by atoms with van der Waals surface area (Å²) in [5, 5.41) is 0.646. The van der Waals surface area contributed by atoms with E-state index in [1.165, 1.54) is 12.4 Å². The molecule has 7 heteroatoms. The Morgan fingerprint density at radius 2 is 1.86 bits per heavy atom. The van der Waals surface area contributed by atoms with Crippen LogP contribution in [-0.2, 0) is 0 Å². The molecule has 2 fully saturated rings. The average Bonchev–Trinajstić information content (AvgIpc) is 3.46. The zero-order valence-corrected chi connectivity index (χ0v) is 16.2. The maximum absolute atomic E-state index is 13.4. The number of hydrogen-bond acceptors (Lipinski definition) is 5. The van der Waals surface area contributed by atoms with Gasteiger partial charge in [0.05, 0.1) is 23.1 Å². The van der Waals surface area contributed by atoms with Gasteiger partial charge in [0, 0.05) is 25.0 Å². The Balaban J connectivity index is 1.64. The Labute approximate surface area is 168 Å². The molecule has 0 radical (unpaired) electrons. The number of likely N-dealkylation sites (tertiary alicyclic amines) is 1. The van der Waals surface area contributed by atoms with Crippen LogP contribution >= 0.6 is 0 Å². The van der Waals surface area contributed by atoms with Crippen LogP contribution in [0.2, 0.25) is 0 Å². The fourth-order valence-corrected chi connectivity index (χ4v) is 4.75. The lowest BCUT2D eigenvalue weighted by molar-refractivity contribution is 0.0718. The quantitative estimate of drug-likeness (QED) is 0.687. The number of carbonyl (C=O) groups is 1. The monoisotopic (exact) mass is 389 g/mol. The summed E-state index contributed by atoms with van der Waals surface area (Å²) >= 11 is 0. The van der Waals surface area contributed by atoms with Gasteiger partial charge in [-0.15, -0.1) is 0 Å². The second-order valence-corrected chi connectivity index (χ2v) is 7.85. The number of benzene rings is 1. The van der Waals surface area contributed by atoms with Crippen molar-refractivity contribution in [3.63, 3.8) is 0 Å². The Morgan fingerprint density at radius 1 is 1.03 bits per heavy atom. The van der Waals surface area contributed by atoms with E-state index in [1.54, 1.807) is 6.20 Å². The third-order valence-electron chi connectivity index (χ3n) is 6.12. The molecule has 5 rings (SSSR count). The number of nitrogens with zero attached hydrogens (tertiary/aromatic N) is 5. The number of carbonyl (C=O) groups excluding carboxylic acids is 1. The van der Waals surface area contributed by atoms with E-state index in [9.17, 15) is 9.59 Å². The van der Waals surface area contributed by atoms with Crippen LogP contribution in [0.4, 0.5) is 0 Å². The Kier molecular flexibility index (Phi) is 4.58. The number of aromatic nitrogens is 4. The van der Waals surface area contributed by atoms with Gasteiger partial charge in [-0.2, -0.15) is 0 Å². The van der Waals surface area contributed by atoms with E-state index in [-0.39, 0.29) is 23.6 Å². The summed E-state index contributed by atoms with van der Waals surface area (Å²) in [6.45, 7) is 0.632. The van der Waals surface area contributed by atoms with Crippen LogP contribution < -0.4 is 5.56 Å². The van der Waals surface area contributed by atoms with Crippen molar-refractivity contribution < 1.29 is 4.79 Å². The molecular weight excluding hydrogens is 366 g/mol. The minimum absolute atomic E-state index is 0.0105. The SMILES string of the molecule is O=C(c1cnccn1)N1CCCC1c1nc2ccccc2c(=O)n1C1CCCC1. The van der Waals surface area contributed by atoms with Crippen molar-refractivity contribution in [1.29, 1.82) is 0 Å². The molecule has 0 bridgehead atoms. The Bertz CT molecular complexity index is 1110. The number of para-hydroxylation sites is 1. The van der Waals surface area contributed by atoms with Crippen molar-refractivity contribution in [3.05, 3.63) is 64.7 Å². The van der Waals surface area contributed by atoms with E-state index < -0.39 is 0 Å². The number of fused-ring (bicyclic) bond motifs is 1. The van der Waals surface area contributed by atoms with E-state index >= 15 is 0 Å². The Hall–Kier alpha value is -3.09. The summed E-state index contributed by atoms with van der Waals surface area (Å²) < 4.78 is 1.89. The van der Waals surface area contributed by atoms with Crippen molar-refractivity contribution >= 4 is 16.8 Å². The van der Waals surface area contributed by atoms with Gasteiger partial charge in [-0.05, 0) is 37.8 Å². The molecule has 1 aromatic carbocycles. The topological polar surface area (TPSA) is 81.0 Å². The number of rotatable bonds is 3. The molecular formula is C22H23N5O2. The first-order chi connectivity index (χ1) is 14.2. The zero-order chi connectivity index (χ0) is 19.8. The third kappa shape index (κ3) is 3.10. The zero-order valence-electron chi connectivity index (χ0n) is 16.2. The van der Waals surface area contributed by atoms with E-state index in [0.29, 0.717) is 23.1 Å². The molecule has 1 saturated heterocycles. The lowest BCUT2D eigenvalue weighted by Crippen LogP contribution is -2.37. The molecule has 3 aromatic rings. The predicted molar refractivity (Wildman–Crippen MR) is 109 cm³/mol. The summed E-state index contributed by atoms with van der Waals surface area (Å²) in [4.78, 5) is 41.5. The lowest BCUT2D eigenvalue weighted by atomic mass is 10.1. The van der Waals surface area contributed by atoms with E-state index in [2.05, 4.69) is 9.97 Å². The maximum Gasteiger partial charge on any atom is 0.274 e. The minimum atomic E-state index is -0.220. The van der Waals surface area contributed by atoms with Gasteiger partial charge in [0.15, 0.2) is 0 Å². The summed E-state index contributed by atoms with van der Waals surface area (Å²) in [6, 6.07) is 7.44. The molecule has 7 nitrogen and oxygen atoms in total. The molecule has 148 valence electrons. The standard InChI is InChI=1S/C22H23N5O2/c28-21-16-8-3-4-9-17(16)25-20(27(21)15-6-1-2-7-15)19-10-5-13-26(19)22(29)18-14-23-11-12-24-18/h3-4,8-9,11-12,14-15,19H,1-2,5-7,10,13H2. The number of hydrogen-bond donors (Lipinski definition) is 0. The van der Waals surface area contributed by atoms with Crippen LogP contribution in [0.3, 0.4) is 0 Å². The first kappa shape index (κ1) is 18.0. The first-order valence-electron chi connectivity index (χ1n) is 10.3. The van der Waals surface area contributed by atoms with Gasteiger partial charge in [0.25, 0.3) is 11.5 Å². The molecule has 2 aliphatic rings. The third-order valence-corrected chi connectivity index (χ3v) is 6.12. The molecule has 1 aliphatic heterocycles. The van der Waals surface area contributed by atoms with Crippen LogP contribution in [0.5, 0.6) is 0 Å². The predicted octanol–water partition coefficient (Wildman–Crippen LogP) is 3.28. The highest BCUT2D eigenvalue weighted by Crippen LogP contribution is 2.36. The molecule has 1 saturated carbocycles. The highest BCUT2D eigenvalue weighted by atomic mass is 16.2. The van der Waals surface area contributed by atoms with Crippen LogP contribution in [-0.4, -0.2) is 36.9 Å². The summed E-state index contributed by atoms with van der Waals surface area (Å²) in [6.07, 6.45) is 10.5. The van der Waals surface area contributed by atoms with Crippen molar-refractivity contribution in [3.8, 4) is 0 Å². The largest absolute Gasteiger partial charge is 0.327 e. The van der Waals surface area contributed by atoms with Gasteiger partial charge in [-0.1, -0.05) is 25.0 Å². The lowest BCUT2D eigenvalue weighted by Gasteiger charge is -2.28. The van der Waals surface area contributed by atoms with E-state index in [0.717, 1.165) is 44.3 Å². The highest BCUT2D eigenvalue weighted by Gasteiger charge is 2.36. The second kappa shape index (κ2) is 7.39. The molecule has 1 amide bonds. The number of amides is 1. The smallest absolute Gasteiger partial charge is 0.274 e. The average molecular weight is 389 g/mol.